The van der Waals surface area contributed by atoms with E-state index in [4.69, 9.17) is 9.47 Å². The van der Waals surface area contributed by atoms with Gasteiger partial charge in [0.2, 0.25) is 0 Å². The van der Waals surface area contributed by atoms with E-state index >= 15 is 0 Å². The molecule has 0 saturated carbocycles. The summed E-state index contributed by atoms with van der Waals surface area (Å²) >= 11 is 0. The summed E-state index contributed by atoms with van der Waals surface area (Å²) in [5, 5.41) is 0. The van der Waals surface area contributed by atoms with Crippen molar-refractivity contribution in [2.75, 3.05) is 14.2 Å². The van der Waals surface area contributed by atoms with Crippen molar-refractivity contribution in [2.24, 2.45) is 0 Å². The van der Waals surface area contributed by atoms with E-state index in [2.05, 4.69) is 30.3 Å². The first-order valence-corrected chi connectivity index (χ1v) is 7.19. The smallest absolute Gasteiger partial charge is 0.120 e. The van der Waals surface area contributed by atoms with Crippen LogP contribution in [0.2, 0.25) is 0 Å². The molecule has 0 spiro atoms. The third-order valence-corrected chi connectivity index (χ3v) is 3.65. The van der Waals surface area contributed by atoms with Crippen LogP contribution < -0.4 is 9.47 Å². The minimum Gasteiger partial charge on any atom is -0.497 e. The fourth-order valence-electron chi connectivity index (χ4n) is 2.48. The summed E-state index contributed by atoms with van der Waals surface area (Å²) in [5.41, 5.74) is 4.52. The molecule has 0 bridgehead atoms. The molecule has 0 amide bonds. The Morgan fingerprint density at radius 2 is 1.09 bits per heavy atom. The van der Waals surface area contributed by atoms with Gasteiger partial charge in [-0.25, -0.2) is 0 Å². The van der Waals surface area contributed by atoms with E-state index in [1.54, 1.807) is 14.2 Å². The first kappa shape index (κ1) is 14.2. The van der Waals surface area contributed by atoms with Crippen LogP contribution in [0, 0.1) is 0 Å². The lowest BCUT2D eigenvalue weighted by atomic mass is 9.98. The van der Waals surface area contributed by atoms with Crippen LogP contribution in [-0.2, 0) is 0 Å². The van der Waals surface area contributed by atoms with Crippen molar-refractivity contribution in [3.05, 3.63) is 72.8 Å². The van der Waals surface area contributed by atoms with Gasteiger partial charge in [0.25, 0.3) is 0 Å². The molecule has 0 atom stereocenters. The van der Waals surface area contributed by atoms with Crippen LogP contribution in [0.4, 0.5) is 0 Å². The second kappa shape index (κ2) is 6.35. The van der Waals surface area contributed by atoms with Crippen molar-refractivity contribution in [3.8, 4) is 33.8 Å². The molecule has 22 heavy (non-hydrogen) atoms. The van der Waals surface area contributed by atoms with Gasteiger partial charge >= 0.3 is 0 Å². The SMILES string of the molecule is COc1cccc(-c2cc(OC)cc(-c3ccccc3)c2)c1. The molecule has 0 heterocycles. The summed E-state index contributed by atoms with van der Waals surface area (Å²) in [5.74, 6) is 1.70. The first-order chi connectivity index (χ1) is 10.8. The molecule has 0 unspecified atom stereocenters. The van der Waals surface area contributed by atoms with Crippen LogP contribution in [0.25, 0.3) is 22.3 Å². The molecule has 0 radical (unpaired) electrons. The lowest BCUT2D eigenvalue weighted by Gasteiger charge is -2.10. The van der Waals surface area contributed by atoms with E-state index in [0.717, 1.165) is 28.2 Å². The number of rotatable bonds is 4. The normalized spacial score (nSPS) is 10.3. The molecule has 110 valence electrons. The summed E-state index contributed by atoms with van der Waals surface area (Å²) in [6, 6.07) is 24.6. The molecule has 0 saturated heterocycles. The third-order valence-electron chi connectivity index (χ3n) is 3.65. The molecule has 0 N–H and O–H groups in total. The van der Waals surface area contributed by atoms with E-state index in [-0.39, 0.29) is 0 Å². The van der Waals surface area contributed by atoms with E-state index in [1.807, 2.05) is 42.5 Å². The largest absolute Gasteiger partial charge is 0.497 e. The average Bonchev–Trinajstić information content (AvgIpc) is 2.62. The topological polar surface area (TPSA) is 18.5 Å². The molecule has 0 aliphatic rings. The number of hydrogen-bond donors (Lipinski definition) is 0. The van der Waals surface area contributed by atoms with Crippen molar-refractivity contribution >= 4 is 0 Å². The Kier molecular flexibility index (Phi) is 4.10. The summed E-state index contributed by atoms with van der Waals surface area (Å²) in [7, 11) is 3.37. The zero-order valence-electron chi connectivity index (χ0n) is 12.7. The van der Waals surface area contributed by atoms with Gasteiger partial charge in [-0.2, -0.15) is 0 Å². The van der Waals surface area contributed by atoms with Crippen LogP contribution >= 0.6 is 0 Å². The first-order valence-electron chi connectivity index (χ1n) is 7.19. The van der Waals surface area contributed by atoms with Gasteiger partial charge in [0.1, 0.15) is 11.5 Å². The Bertz CT molecular complexity index is 764. The summed E-state index contributed by atoms with van der Waals surface area (Å²) in [4.78, 5) is 0. The maximum absolute atomic E-state index is 5.46. The lowest BCUT2D eigenvalue weighted by Crippen LogP contribution is -1.88. The molecule has 3 aromatic rings. The van der Waals surface area contributed by atoms with Gasteiger partial charge in [-0.05, 0) is 52.6 Å². The average molecular weight is 290 g/mol. The van der Waals surface area contributed by atoms with Gasteiger partial charge < -0.3 is 9.47 Å². The Hall–Kier alpha value is -2.74. The minimum absolute atomic E-state index is 0.846. The van der Waals surface area contributed by atoms with E-state index in [0.29, 0.717) is 0 Å². The Morgan fingerprint density at radius 3 is 1.77 bits per heavy atom. The lowest BCUT2D eigenvalue weighted by molar-refractivity contribution is 0.414. The quantitative estimate of drug-likeness (QED) is 0.670. The van der Waals surface area contributed by atoms with Crippen molar-refractivity contribution in [1.82, 2.24) is 0 Å². The van der Waals surface area contributed by atoms with Gasteiger partial charge in [0.15, 0.2) is 0 Å². The molecule has 0 fully saturated rings. The molecule has 0 aliphatic heterocycles. The second-order valence-corrected chi connectivity index (χ2v) is 5.05. The van der Waals surface area contributed by atoms with Crippen molar-refractivity contribution in [3.63, 3.8) is 0 Å². The van der Waals surface area contributed by atoms with Crippen LogP contribution in [0.3, 0.4) is 0 Å². The third kappa shape index (κ3) is 2.96. The van der Waals surface area contributed by atoms with Crippen LogP contribution in [0.5, 0.6) is 11.5 Å². The highest BCUT2D eigenvalue weighted by atomic mass is 16.5. The Balaban J connectivity index is 2.11. The molecular weight excluding hydrogens is 272 g/mol. The molecule has 3 rings (SSSR count). The molecule has 0 aromatic heterocycles. The predicted molar refractivity (Wildman–Crippen MR) is 90.4 cm³/mol. The van der Waals surface area contributed by atoms with Crippen molar-refractivity contribution in [1.29, 1.82) is 0 Å². The van der Waals surface area contributed by atoms with Crippen molar-refractivity contribution < 1.29 is 9.47 Å². The molecule has 2 nitrogen and oxygen atoms in total. The predicted octanol–water partition coefficient (Wildman–Crippen LogP) is 5.04. The second-order valence-electron chi connectivity index (χ2n) is 5.05. The van der Waals surface area contributed by atoms with E-state index in [9.17, 15) is 0 Å². The molecule has 0 aliphatic carbocycles. The zero-order chi connectivity index (χ0) is 15.4. The summed E-state index contributed by atoms with van der Waals surface area (Å²) in [6.45, 7) is 0. The standard InChI is InChI=1S/C20H18O2/c1-21-19-10-6-9-16(12-19)18-11-17(13-20(14-18)22-2)15-7-4-3-5-8-15/h3-14H,1-2H3. The number of hydrogen-bond acceptors (Lipinski definition) is 2. The monoisotopic (exact) mass is 290 g/mol. The highest BCUT2D eigenvalue weighted by Crippen LogP contribution is 2.32. The minimum atomic E-state index is 0.846. The summed E-state index contributed by atoms with van der Waals surface area (Å²) < 4.78 is 10.8. The highest BCUT2D eigenvalue weighted by Gasteiger charge is 2.06. The van der Waals surface area contributed by atoms with Gasteiger partial charge in [-0.15, -0.1) is 0 Å². The van der Waals surface area contributed by atoms with Crippen LogP contribution in [-0.4, -0.2) is 14.2 Å². The van der Waals surface area contributed by atoms with Gasteiger partial charge in [-0.1, -0.05) is 42.5 Å². The zero-order valence-corrected chi connectivity index (χ0v) is 12.7. The van der Waals surface area contributed by atoms with Crippen LogP contribution in [0.15, 0.2) is 72.8 Å². The maximum Gasteiger partial charge on any atom is 0.120 e. The number of methoxy groups -OCH3 is 2. The van der Waals surface area contributed by atoms with Gasteiger partial charge in [0, 0.05) is 0 Å². The molecular formula is C20H18O2. The maximum atomic E-state index is 5.46. The van der Waals surface area contributed by atoms with Gasteiger partial charge in [0.05, 0.1) is 14.2 Å². The Morgan fingerprint density at radius 1 is 0.500 bits per heavy atom. The molecule has 2 heteroatoms. The van der Waals surface area contributed by atoms with Crippen LogP contribution in [0.1, 0.15) is 0 Å². The van der Waals surface area contributed by atoms with Crippen molar-refractivity contribution in [2.45, 2.75) is 0 Å². The van der Waals surface area contributed by atoms with E-state index < -0.39 is 0 Å². The Labute approximate surface area is 131 Å². The fraction of sp³-hybridized carbons (Fsp3) is 0.100. The fourth-order valence-corrected chi connectivity index (χ4v) is 2.48. The molecule has 3 aromatic carbocycles. The highest BCUT2D eigenvalue weighted by molar-refractivity contribution is 5.75. The van der Waals surface area contributed by atoms with Gasteiger partial charge in [-0.3, -0.25) is 0 Å². The summed E-state index contributed by atoms with van der Waals surface area (Å²) in [6.07, 6.45) is 0. The van der Waals surface area contributed by atoms with E-state index in [1.165, 1.54) is 5.56 Å². The number of benzene rings is 3. The number of ether oxygens (including phenoxy) is 2.